The minimum Gasteiger partial charge on any atom is -0.429 e. The molecular weight excluding hydrogens is 325 g/mol. The maximum absolute atomic E-state index is 14.3. The largest absolute Gasteiger partial charge is 0.429 e. The maximum atomic E-state index is 14.3. The van der Waals surface area contributed by atoms with Crippen LogP contribution in [0.4, 0.5) is 13.2 Å². The van der Waals surface area contributed by atoms with Gasteiger partial charge >= 0.3 is 6.11 Å². The highest BCUT2D eigenvalue weighted by molar-refractivity contribution is 5.29. The first-order chi connectivity index (χ1) is 12.0. The number of hydrogen-bond donors (Lipinski definition) is 0. The molecule has 134 valence electrons. The molecule has 3 rings (SSSR count). The van der Waals surface area contributed by atoms with Gasteiger partial charge in [-0.1, -0.05) is 25.5 Å². The van der Waals surface area contributed by atoms with Crippen molar-refractivity contribution in [1.82, 2.24) is 0 Å². The SMILES string of the molecule is CC[C@H]1CC[C@H](c2ccc(C(F)(F)Oc3ccc(F)cc3)cc2)CC1. The van der Waals surface area contributed by atoms with E-state index in [0.29, 0.717) is 5.92 Å². The van der Waals surface area contributed by atoms with Crippen molar-refractivity contribution >= 4 is 0 Å². The first-order valence-electron chi connectivity index (χ1n) is 8.90. The van der Waals surface area contributed by atoms with E-state index in [9.17, 15) is 13.2 Å². The van der Waals surface area contributed by atoms with Crippen molar-refractivity contribution in [2.45, 2.75) is 51.1 Å². The Labute approximate surface area is 146 Å². The predicted molar refractivity (Wildman–Crippen MR) is 92.4 cm³/mol. The minimum atomic E-state index is -3.45. The summed E-state index contributed by atoms with van der Waals surface area (Å²) >= 11 is 0. The van der Waals surface area contributed by atoms with E-state index in [4.69, 9.17) is 4.74 Å². The molecule has 0 aromatic heterocycles. The molecule has 0 unspecified atom stereocenters. The van der Waals surface area contributed by atoms with E-state index < -0.39 is 11.9 Å². The van der Waals surface area contributed by atoms with Crippen LogP contribution in [-0.2, 0) is 6.11 Å². The molecule has 0 N–H and O–H groups in total. The molecule has 1 aliphatic carbocycles. The Morgan fingerprint density at radius 2 is 1.52 bits per heavy atom. The van der Waals surface area contributed by atoms with Gasteiger partial charge in [0.15, 0.2) is 0 Å². The lowest BCUT2D eigenvalue weighted by Crippen LogP contribution is -2.22. The first-order valence-corrected chi connectivity index (χ1v) is 8.90. The van der Waals surface area contributed by atoms with Gasteiger partial charge in [0.25, 0.3) is 0 Å². The van der Waals surface area contributed by atoms with Crippen LogP contribution in [0.25, 0.3) is 0 Å². The Morgan fingerprint density at radius 3 is 2.08 bits per heavy atom. The van der Waals surface area contributed by atoms with Crippen LogP contribution in [0, 0.1) is 11.7 Å². The topological polar surface area (TPSA) is 9.23 Å². The van der Waals surface area contributed by atoms with E-state index >= 15 is 0 Å². The smallest absolute Gasteiger partial charge is 0.426 e. The van der Waals surface area contributed by atoms with Crippen LogP contribution >= 0.6 is 0 Å². The third-order valence-electron chi connectivity index (χ3n) is 5.20. The number of alkyl halides is 2. The maximum Gasteiger partial charge on any atom is 0.426 e. The second-order valence-corrected chi connectivity index (χ2v) is 6.82. The summed E-state index contributed by atoms with van der Waals surface area (Å²) in [6.07, 6.45) is 2.45. The van der Waals surface area contributed by atoms with Gasteiger partial charge in [0.05, 0.1) is 5.56 Å². The zero-order chi connectivity index (χ0) is 17.9. The van der Waals surface area contributed by atoms with Crippen molar-refractivity contribution in [1.29, 1.82) is 0 Å². The molecule has 25 heavy (non-hydrogen) atoms. The third kappa shape index (κ3) is 4.36. The van der Waals surface area contributed by atoms with Gasteiger partial charge in [-0.2, -0.15) is 8.78 Å². The van der Waals surface area contributed by atoms with Crippen LogP contribution in [0.1, 0.15) is 56.1 Å². The van der Waals surface area contributed by atoms with Crippen LogP contribution in [0.3, 0.4) is 0 Å². The Balaban J connectivity index is 1.67. The summed E-state index contributed by atoms with van der Waals surface area (Å²) in [6.45, 7) is 2.23. The fourth-order valence-electron chi connectivity index (χ4n) is 3.56. The molecule has 1 nitrogen and oxygen atoms in total. The standard InChI is InChI=1S/C21H23F3O/c1-2-15-3-5-16(6-4-15)17-7-9-18(10-8-17)21(23,24)25-20-13-11-19(22)12-14-20/h7-16H,2-6H2,1H3/t15-,16-. The molecule has 0 heterocycles. The van der Waals surface area contributed by atoms with Gasteiger partial charge in [0, 0.05) is 0 Å². The van der Waals surface area contributed by atoms with E-state index in [1.165, 1.54) is 43.5 Å². The fraction of sp³-hybridized carbons (Fsp3) is 0.429. The van der Waals surface area contributed by atoms with Crippen molar-refractivity contribution in [3.63, 3.8) is 0 Å². The summed E-state index contributed by atoms with van der Waals surface area (Å²) in [5.41, 5.74) is 0.929. The Morgan fingerprint density at radius 1 is 0.920 bits per heavy atom. The van der Waals surface area contributed by atoms with Crippen molar-refractivity contribution in [3.8, 4) is 5.75 Å². The predicted octanol–water partition coefficient (Wildman–Crippen LogP) is 6.64. The summed E-state index contributed by atoms with van der Waals surface area (Å²) in [5.74, 6) is 0.721. The molecule has 1 saturated carbocycles. The molecular formula is C21H23F3O. The molecule has 0 radical (unpaired) electrons. The van der Waals surface area contributed by atoms with E-state index in [1.807, 2.05) is 0 Å². The van der Waals surface area contributed by atoms with Crippen molar-refractivity contribution < 1.29 is 17.9 Å². The van der Waals surface area contributed by atoms with E-state index in [1.54, 1.807) is 12.1 Å². The number of benzene rings is 2. The monoisotopic (exact) mass is 348 g/mol. The van der Waals surface area contributed by atoms with E-state index in [0.717, 1.165) is 36.5 Å². The van der Waals surface area contributed by atoms with Crippen molar-refractivity contribution in [2.24, 2.45) is 5.92 Å². The summed E-state index contributed by atoms with van der Waals surface area (Å²) < 4.78 is 46.2. The number of ether oxygens (including phenoxy) is 1. The molecule has 1 fully saturated rings. The molecule has 4 heteroatoms. The van der Waals surface area contributed by atoms with Crippen molar-refractivity contribution in [3.05, 3.63) is 65.5 Å². The highest BCUT2D eigenvalue weighted by Gasteiger charge is 2.34. The van der Waals surface area contributed by atoms with Crippen LogP contribution in [-0.4, -0.2) is 0 Å². The third-order valence-corrected chi connectivity index (χ3v) is 5.20. The van der Waals surface area contributed by atoms with Crippen LogP contribution < -0.4 is 4.74 Å². The van der Waals surface area contributed by atoms with E-state index in [2.05, 4.69) is 6.92 Å². The zero-order valence-corrected chi connectivity index (χ0v) is 14.4. The van der Waals surface area contributed by atoms with Gasteiger partial charge in [-0.3, -0.25) is 0 Å². The van der Waals surface area contributed by atoms with Gasteiger partial charge in [-0.25, -0.2) is 4.39 Å². The normalized spacial score (nSPS) is 21.1. The molecule has 1 aliphatic rings. The highest BCUT2D eigenvalue weighted by Crippen LogP contribution is 2.38. The van der Waals surface area contributed by atoms with Gasteiger partial charge in [0.2, 0.25) is 0 Å². The van der Waals surface area contributed by atoms with Gasteiger partial charge in [-0.15, -0.1) is 0 Å². The Hall–Kier alpha value is -1.97. The molecule has 0 atom stereocenters. The summed E-state index contributed by atoms with van der Waals surface area (Å²) in [5, 5.41) is 0. The number of hydrogen-bond acceptors (Lipinski definition) is 1. The zero-order valence-electron chi connectivity index (χ0n) is 14.4. The van der Waals surface area contributed by atoms with Gasteiger partial charge < -0.3 is 4.74 Å². The van der Waals surface area contributed by atoms with Crippen LogP contribution in [0.2, 0.25) is 0 Å². The molecule has 0 bridgehead atoms. The summed E-state index contributed by atoms with van der Waals surface area (Å²) in [7, 11) is 0. The van der Waals surface area contributed by atoms with Crippen LogP contribution in [0.5, 0.6) is 5.75 Å². The second-order valence-electron chi connectivity index (χ2n) is 6.82. The van der Waals surface area contributed by atoms with E-state index in [-0.39, 0.29) is 11.3 Å². The molecule has 0 saturated heterocycles. The highest BCUT2D eigenvalue weighted by atomic mass is 19.3. The summed E-state index contributed by atoms with van der Waals surface area (Å²) in [6, 6.07) is 11.0. The minimum absolute atomic E-state index is 0.0617. The van der Waals surface area contributed by atoms with Gasteiger partial charge in [0.1, 0.15) is 11.6 Å². The second kappa shape index (κ2) is 7.51. The molecule has 0 spiro atoms. The molecule has 2 aromatic carbocycles. The molecule has 0 aliphatic heterocycles. The average Bonchev–Trinajstić information content (AvgIpc) is 2.64. The number of halogens is 3. The lowest BCUT2D eigenvalue weighted by atomic mass is 9.78. The fourth-order valence-corrected chi connectivity index (χ4v) is 3.56. The van der Waals surface area contributed by atoms with Crippen molar-refractivity contribution in [2.75, 3.05) is 0 Å². The lowest BCUT2D eigenvalue weighted by Gasteiger charge is -2.28. The Bertz CT molecular complexity index is 671. The molecule has 0 amide bonds. The quantitative estimate of drug-likeness (QED) is 0.588. The summed E-state index contributed by atoms with van der Waals surface area (Å²) in [4.78, 5) is 0. The number of rotatable bonds is 5. The van der Waals surface area contributed by atoms with Gasteiger partial charge in [-0.05, 0) is 79.5 Å². The Kier molecular flexibility index (Phi) is 5.36. The molecule has 2 aromatic rings. The average molecular weight is 348 g/mol. The lowest BCUT2D eigenvalue weighted by molar-refractivity contribution is -0.185. The van der Waals surface area contributed by atoms with Crippen LogP contribution in [0.15, 0.2) is 48.5 Å². The first kappa shape index (κ1) is 17.8.